The molecule has 4 heterocycles. The minimum Gasteiger partial charge on any atom is -0.442 e. The molecule has 146 valence electrons. The molecule has 2 aromatic heterocycles. The molecule has 0 aromatic carbocycles. The van der Waals surface area contributed by atoms with Crippen LogP contribution in [0.5, 0.6) is 0 Å². The van der Waals surface area contributed by atoms with Gasteiger partial charge in [0.2, 0.25) is 11.0 Å². The van der Waals surface area contributed by atoms with E-state index in [1.165, 1.54) is 10.4 Å². The van der Waals surface area contributed by atoms with Gasteiger partial charge in [0.25, 0.3) is 10.0 Å². The monoisotopic (exact) mass is 392 g/mol. The number of likely N-dealkylation sites (tertiary alicyclic amines) is 1. The van der Waals surface area contributed by atoms with Crippen LogP contribution in [0.3, 0.4) is 0 Å². The third-order valence-electron chi connectivity index (χ3n) is 5.35. The maximum absolute atomic E-state index is 12.9. The van der Waals surface area contributed by atoms with E-state index < -0.39 is 10.0 Å². The van der Waals surface area contributed by atoms with Crippen molar-refractivity contribution in [3.63, 3.8) is 0 Å². The fraction of sp³-hybridized carbons (Fsp3) is 0.556. The van der Waals surface area contributed by atoms with Crippen LogP contribution in [0.4, 0.5) is 0 Å². The van der Waals surface area contributed by atoms with Gasteiger partial charge in [-0.3, -0.25) is 9.89 Å². The Morgan fingerprint density at radius 1 is 1.19 bits per heavy atom. The first-order valence-corrected chi connectivity index (χ1v) is 10.8. The lowest BCUT2D eigenvalue weighted by Crippen LogP contribution is -2.43. The number of aromatic nitrogens is 2. The van der Waals surface area contributed by atoms with Crippen molar-refractivity contribution in [1.29, 1.82) is 0 Å². The second-order valence-electron chi connectivity index (χ2n) is 7.27. The number of carbonyl (C=O) groups is 1. The van der Waals surface area contributed by atoms with Crippen LogP contribution in [-0.2, 0) is 14.8 Å². The van der Waals surface area contributed by atoms with Gasteiger partial charge in [-0.2, -0.15) is 9.40 Å². The summed E-state index contributed by atoms with van der Waals surface area (Å²) in [4.78, 5) is 14.4. The highest BCUT2D eigenvalue weighted by Crippen LogP contribution is 2.29. The quantitative estimate of drug-likeness (QED) is 0.858. The highest BCUT2D eigenvalue weighted by molar-refractivity contribution is 7.89. The maximum atomic E-state index is 12.9. The molecule has 27 heavy (non-hydrogen) atoms. The third kappa shape index (κ3) is 3.53. The summed E-state index contributed by atoms with van der Waals surface area (Å²) in [6.07, 6.45) is 3.24. The Hall–Kier alpha value is -2.13. The van der Waals surface area contributed by atoms with E-state index in [0.29, 0.717) is 37.4 Å². The van der Waals surface area contributed by atoms with Gasteiger partial charge < -0.3 is 9.32 Å². The minimum atomic E-state index is -3.71. The molecule has 4 rings (SSSR count). The van der Waals surface area contributed by atoms with Crippen molar-refractivity contribution in [2.45, 2.75) is 37.7 Å². The van der Waals surface area contributed by atoms with Gasteiger partial charge in [-0.1, -0.05) is 0 Å². The number of aryl methyl sites for hydroxylation is 1. The lowest BCUT2D eigenvalue weighted by Gasteiger charge is -2.31. The van der Waals surface area contributed by atoms with E-state index in [1.54, 1.807) is 12.1 Å². The van der Waals surface area contributed by atoms with E-state index in [1.807, 2.05) is 11.8 Å². The van der Waals surface area contributed by atoms with Crippen LogP contribution in [0.25, 0.3) is 11.5 Å². The van der Waals surface area contributed by atoms with Crippen LogP contribution in [0.1, 0.15) is 31.4 Å². The molecule has 8 nitrogen and oxygen atoms in total. The summed E-state index contributed by atoms with van der Waals surface area (Å²) in [7, 11) is -3.71. The molecule has 0 radical (unpaired) electrons. The molecule has 2 fully saturated rings. The molecular weight excluding hydrogens is 368 g/mol. The standard InChI is InChI=1S/C18H24N4O4S/c1-13-12-15(20-19-13)16-4-5-17(26-16)27(24,25)22-10-6-14(7-11-22)18(23)21-8-2-3-9-21/h4-5,12,14H,2-3,6-11H2,1H3,(H,19,20). The largest absolute Gasteiger partial charge is 0.442 e. The van der Waals surface area contributed by atoms with Crippen LogP contribution in [0.2, 0.25) is 0 Å². The van der Waals surface area contributed by atoms with Crippen molar-refractivity contribution < 1.29 is 17.6 Å². The number of aromatic amines is 1. The van der Waals surface area contributed by atoms with E-state index in [4.69, 9.17) is 4.42 Å². The van der Waals surface area contributed by atoms with Gasteiger partial charge in [0.05, 0.1) is 0 Å². The number of furan rings is 1. The Bertz CT molecular complexity index is 919. The Morgan fingerprint density at radius 3 is 2.52 bits per heavy atom. The molecule has 0 atom stereocenters. The fourth-order valence-electron chi connectivity index (χ4n) is 3.81. The van der Waals surface area contributed by atoms with Crippen molar-refractivity contribution in [1.82, 2.24) is 19.4 Å². The first-order valence-electron chi connectivity index (χ1n) is 9.36. The second kappa shape index (κ2) is 7.12. The van der Waals surface area contributed by atoms with Crippen LogP contribution >= 0.6 is 0 Å². The third-order valence-corrected chi connectivity index (χ3v) is 7.13. The normalized spacial score (nSPS) is 19.7. The average molecular weight is 392 g/mol. The molecule has 0 bridgehead atoms. The molecule has 2 aliphatic rings. The van der Waals surface area contributed by atoms with Gasteiger partial charge >= 0.3 is 0 Å². The summed E-state index contributed by atoms with van der Waals surface area (Å²) >= 11 is 0. The summed E-state index contributed by atoms with van der Waals surface area (Å²) in [6.45, 7) is 4.21. The van der Waals surface area contributed by atoms with Crippen molar-refractivity contribution in [3.05, 3.63) is 23.9 Å². The number of H-pyrrole nitrogens is 1. The lowest BCUT2D eigenvalue weighted by atomic mass is 9.97. The fourth-order valence-corrected chi connectivity index (χ4v) is 5.19. The molecule has 2 aromatic rings. The predicted octanol–water partition coefficient (Wildman–Crippen LogP) is 2.00. The Labute approximate surface area is 158 Å². The number of nitrogens with zero attached hydrogens (tertiary/aromatic N) is 3. The van der Waals surface area contributed by atoms with Crippen LogP contribution in [0, 0.1) is 12.8 Å². The number of sulfonamides is 1. The van der Waals surface area contributed by atoms with E-state index in [-0.39, 0.29) is 16.9 Å². The van der Waals surface area contributed by atoms with E-state index in [0.717, 1.165) is 31.6 Å². The summed E-state index contributed by atoms with van der Waals surface area (Å²) in [5, 5.41) is 6.82. The van der Waals surface area contributed by atoms with E-state index in [2.05, 4.69) is 10.2 Å². The number of hydrogen-bond acceptors (Lipinski definition) is 5. The first-order chi connectivity index (χ1) is 12.9. The zero-order valence-electron chi connectivity index (χ0n) is 15.3. The number of rotatable bonds is 4. The zero-order valence-corrected chi connectivity index (χ0v) is 16.2. The Morgan fingerprint density at radius 2 is 1.89 bits per heavy atom. The highest BCUT2D eigenvalue weighted by atomic mass is 32.2. The lowest BCUT2D eigenvalue weighted by molar-refractivity contribution is -0.135. The molecule has 0 aliphatic carbocycles. The summed E-state index contributed by atoms with van der Waals surface area (Å²) in [6, 6.07) is 4.88. The number of nitrogens with one attached hydrogen (secondary N) is 1. The molecular formula is C18H24N4O4S. The Balaban J connectivity index is 1.43. The van der Waals surface area contributed by atoms with Crippen molar-refractivity contribution in [3.8, 4) is 11.5 Å². The molecule has 0 spiro atoms. The molecule has 0 saturated carbocycles. The highest BCUT2D eigenvalue weighted by Gasteiger charge is 2.35. The molecule has 9 heteroatoms. The SMILES string of the molecule is Cc1cc(-c2ccc(S(=O)(=O)N3CCC(C(=O)N4CCCC4)CC3)o2)n[nH]1. The summed E-state index contributed by atoms with van der Waals surface area (Å²) < 4.78 is 32.7. The van der Waals surface area contributed by atoms with Gasteiger partial charge in [0, 0.05) is 37.8 Å². The number of carbonyl (C=O) groups excluding carboxylic acids is 1. The van der Waals surface area contributed by atoms with Gasteiger partial charge in [-0.15, -0.1) is 0 Å². The molecule has 1 N–H and O–H groups in total. The average Bonchev–Trinajstić information content (AvgIpc) is 3.42. The van der Waals surface area contributed by atoms with Crippen LogP contribution in [-0.4, -0.2) is 59.9 Å². The van der Waals surface area contributed by atoms with E-state index in [9.17, 15) is 13.2 Å². The second-order valence-corrected chi connectivity index (χ2v) is 9.13. The van der Waals surface area contributed by atoms with Crippen molar-refractivity contribution in [2.24, 2.45) is 5.92 Å². The van der Waals surface area contributed by atoms with Crippen molar-refractivity contribution >= 4 is 15.9 Å². The predicted molar refractivity (Wildman–Crippen MR) is 98.3 cm³/mol. The maximum Gasteiger partial charge on any atom is 0.276 e. The minimum absolute atomic E-state index is 0.0752. The first kappa shape index (κ1) is 18.2. The van der Waals surface area contributed by atoms with Gasteiger partial charge in [0.1, 0.15) is 5.69 Å². The van der Waals surface area contributed by atoms with Gasteiger partial charge in [-0.05, 0) is 50.8 Å². The number of piperidine rings is 1. The van der Waals surface area contributed by atoms with Crippen LogP contribution < -0.4 is 0 Å². The van der Waals surface area contributed by atoms with Crippen LogP contribution in [0.15, 0.2) is 27.7 Å². The zero-order chi connectivity index (χ0) is 19.0. The Kier molecular flexibility index (Phi) is 4.81. The molecule has 2 saturated heterocycles. The van der Waals surface area contributed by atoms with Crippen molar-refractivity contribution in [2.75, 3.05) is 26.2 Å². The smallest absolute Gasteiger partial charge is 0.276 e. The number of amides is 1. The van der Waals surface area contributed by atoms with Gasteiger partial charge in [0.15, 0.2) is 5.76 Å². The van der Waals surface area contributed by atoms with Gasteiger partial charge in [-0.25, -0.2) is 8.42 Å². The van der Waals surface area contributed by atoms with E-state index >= 15 is 0 Å². The molecule has 0 unspecified atom stereocenters. The molecule has 2 aliphatic heterocycles. The summed E-state index contributed by atoms with van der Waals surface area (Å²) in [5.74, 6) is 0.518. The summed E-state index contributed by atoms with van der Waals surface area (Å²) in [5.41, 5.74) is 1.44. The number of hydrogen-bond donors (Lipinski definition) is 1. The molecule has 1 amide bonds. The topological polar surface area (TPSA) is 99.5 Å².